The highest BCUT2D eigenvalue weighted by atomic mass is 16.2. The van der Waals surface area contributed by atoms with Crippen molar-refractivity contribution in [1.29, 1.82) is 0 Å². The number of hydrogen-bond donors (Lipinski definition) is 2. The first-order chi connectivity index (χ1) is 10.2. The number of nitrogens with one attached hydrogen (secondary N) is 2. The van der Waals surface area contributed by atoms with Crippen LogP contribution in [0.3, 0.4) is 0 Å². The Morgan fingerprint density at radius 3 is 2.95 bits per heavy atom. The number of para-hydroxylation sites is 2. The fourth-order valence-electron chi connectivity index (χ4n) is 2.26. The summed E-state index contributed by atoms with van der Waals surface area (Å²) in [7, 11) is 1.77. The van der Waals surface area contributed by atoms with Crippen LogP contribution >= 0.6 is 0 Å². The molecule has 1 aliphatic rings. The standard InChI is InChI=1S/C15H14N4O2/c1-16-10-6-7-17-12(8-10)15(21)19-9-14(20)18-11-4-2-3-5-13(11)19/h2-8H,9H2,1H3,(H,16,17)(H,18,20). The summed E-state index contributed by atoms with van der Waals surface area (Å²) in [6, 6.07) is 10.6. The molecule has 2 amide bonds. The second kappa shape index (κ2) is 5.24. The van der Waals surface area contributed by atoms with Gasteiger partial charge in [-0.1, -0.05) is 12.1 Å². The third-order valence-corrected chi connectivity index (χ3v) is 3.28. The lowest BCUT2D eigenvalue weighted by Crippen LogP contribution is -2.42. The largest absolute Gasteiger partial charge is 0.388 e. The van der Waals surface area contributed by atoms with E-state index in [9.17, 15) is 9.59 Å². The molecule has 6 heteroatoms. The van der Waals surface area contributed by atoms with Crippen molar-refractivity contribution < 1.29 is 9.59 Å². The Morgan fingerprint density at radius 2 is 2.14 bits per heavy atom. The van der Waals surface area contributed by atoms with E-state index >= 15 is 0 Å². The fraction of sp³-hybridized carbons (Fsp3) is 0.133. The Kier molecular flexibility index (Phi) is 3.27. The molecule has 0 fully saturated rings. The summed E-state index contributed by atoms with van der Waals surface area (Å²) in [5.74, 6) is -0.513. The van der Waals surface area contributed by atoms with E-state index in [2.05, 4.69) is 15.6 Å². The minimum Gasteiger partial charge on any atom is -0.388 e. The highest BCUT2D eigenvalue weighted by Crippen LogP contribution is 2.29. The van der Waals surface area contributed by atoms with Crippen LogP contribution in [0.5, 0.6) is 0 Å². The van der Waals surface area contributed by atoms with Crippen LogP contribution in [-0.2, 0) is 4.79 Å². The summed E-state index contributed by atoms with van der Waals surface area (Å²) >= 11 is 0. The number of carbonyl (C=O) groups is 2. The van der Waals surface area contributed by atoms with E-state index in [0.717, 1.165) is 5.69 Å². The third kappa shape index (κ3) is 2.43. The Balaban J connectivity index is 1.99. The van der Waals surface area contributed by atoms with Gasteiger partial charge < -0.3 is 10.6 Å². The summed E-state index contributed by atoms with van der Waals surface area (Å²) in [5, 5.41) is 5.72. The number of aromatic nitrogens is 1. The number of pyridine rings is 1. The molecule has 21 heavy (non-hydrogen) atoms. The molecule has 2 heterocycles. The molecule has 106 valence electrons. The first kappa shape index (κ1) is 13.1. The fourth-order valence-corrected chi connectivity index (χ4v) is 2.26. The molecular formula is C15H14N4O2. The van der Waals surface area contributed by atoms with Crippen LogP contribution in [0.25, 0.3) is 0 Å². The van der Waals surface area contributed by atoms with Crippen molar-refractivity contribution in [3.63, 3.8) is 0 Å². The minimum atomic E-state index is -0.297. The smallest absolute Gasteiger partial charge is 0.277 e. The normalized spacial score (nSPS) is 13.4. The van der Waals surface area contributed by atoms with Gasteiger partial charge in [-0.25, -0.2) is 0 Å². The van der Waals surface area contributed by atoms with Gasteiger partial charge in [0.2, 0.25) is 5.91 Å². The Labute approximate surface area is 121 Å². The second-order valence-electron chi connectivity index (χ2n) is 4.64. The summed E-state index contributed by atoms with van der Waals surface area (Å²) in [5.41, 5.74) is 2.40. The van der Waals surface area contributed by atoms with Crippen LogP contribution in [0.4, 0.5) is 17.1 Å². The van der Waals surface area contributed by atoms with E-state index in [1.54, 1.807) is 37.5 Å². The van der Waals surface area contributed by atoms with Gasteiger partial charge in [0.05, 0.1) is 11.4 Å². The number of nitrogens with zero attached hydrogens (tertiary/aromatic N) is 2. The van der Waals surface area contributed by atoms with Crippen molar-refractivity contribution >= 4 is 28.9 Å². The molecule has 0 saturated heterocycles. The third-order valence-electron chi connectivity index (χ3n) is 3.28. The van der Waals surface area contributed by atoms with E-state index in [1.807, 2.05) is 12.1 Å². The molecule has 6 nitrogen and oxygen atoms in total. The molecule has 3 rings (SSSR count). The highest BCUT2D eigenvalue weighted by molar-refractivity contribution is 6.14. The van der Waals surface area contributed by atoms with Gasteiger partial charge >= 0.3 is 0 Å². The van der Waals surface area contributed by atoms with Crippen molar-refractivity contribution in [2.45, 2.75) is 0 Å². The van der Waals surface area contributed by atoms with Gasteiger partial charge in [0.15, 0.2) is 0 Å². The first-order valence-corrected chi connectivity index (χ1v) is 6.53. The molecule has 0 radical (unpaired) electrons. The van der Waals surface area contributed by atoms with Gasteiger partial charge in [0, 0.05) is 18.9 Å². The lowest BCUT2D eigenvalue weighted by Gasteiger charge is -2.28. The Hall–Kier alpha value is -2.89. The molecule has 1 aliphatic heterocycles. The molecule has 0 unspecified atom stereocenters. The molecule has 2 aromatic rings. The highest BCUT2D eigenvalue weighted by Gasteiger charge is 2.28. The zero-order valence-electron chi connectivity index (χ0n) is 11.5. The van der Waals surface area contributed by atoms with E-state index in [0.29, 0.717) is 17.1 Å². The van der Waals surface area contributed by atoms with Crippen molar-refractivity contribution in [2.24, 2.45) is 0 Å². The lowest BCUT2D eigenvalue weighted by molar-refractivity contribution is -0.115. The van der Waals surface area contributed by atoms with Gasteiger partial charge in [-0.15, -0.1) is 0 Å². The number of benzene rings is 1. The number of anilines is 3. The quantitative estimate of drug-likeness (QED) is 0.879. The predicted octanol–water partition coefficient (Wildman–Crippen LogP) is 1.72. The zero-order chi connectivity index (χ0) is 14.8. The van der Waals surface area contributed by atoms with Crippen LogP contribution < -0.4 is 15.5 Å². The first-order valence-electron chi connectivity index (χ1n) is 6.53. The van der Waals surface area contributed by atoms with Crippen molar-refractivity contribution in [2.75, 3.05) is 29.1 Å². The van der Waals surface area contributed by atoms with Gasteiger partial charge in [-0.05, 0) is 24.3 Å². The molecular weight excluding hydrogens is 268 g/mol. The molecule has 0 aliphatic carbocycles. The summed E-state index contributed by atoms with van der Waals surface area (Å²) in [4.78, 5) is 29.9. The average molecular weight is 282 g/mol. The number of fused-ring (bicyclic) bond motifs is 1. The number of carbonyl (C=O) groups excluding carboxylic acids is 2. The Morgan fingerprint density at radius 1 is 1.33 bits per heavy atom. The van der Waals surface area contributed by atoms with Crippen molar-refractivity contribution in [3.05, 3.63) is 48.3 Å². The second-order valence-corrected chi connectivity index (χ2v) is 4.64. The predicted molar refractivity (Wildman–Crippen MR) is 80.5 cm³/mol. The summed E-state index contributed by atoms with van der Waals surface area (Å²) in [6.45, 7) is -0.0126. The topological polar surface area (TPSA) is 74.3 Å². The van der Waals surface area contributed by atoms with Crippen molar-refractivity contribution in [1.82, 2.24) is 4.98 Å². The van der Waals surface area contributed by atoms with E-state index in [-0.39, 0.29) is 18.4 Å². The van der Waals surface area contributed by atoms with E-state index < -0.39 is 0 Å². The van der Waals surface area contributed by atoms with Crippen LogP contribution in [-0.4, -0.2) is 30.4 Å². The SMILES string of the molecule is CNc1ccnc(C(=O)N2CC(=O)Nc3ccccc32)c1. The van der Waals surface area contributed by atoms with Gasteiger partial charge in [-0.3, -0.25) is 19.5 Å². The molecule has 2 N–H and O–H groups in total. The average Bonchev–Trinajstić information content (AvgIpc) is 2.53. The molecule has 0 bridgehead atoms. The molecule has 0 atom stereocenters. The summed E-state index contributed by atoms with van der Waals surface area (Å²) in [6.07, 6.45) is 1.56. The zero-order valence-corrected chi connectivity index (χ0v) is 11.5. The maximum absolute atomic E-state index is 12.6. The monoisotopic (exact) mass is 282 g/mol. The van der Waals surface area contributed by atoms with Crippen LogP contribution in [0.15, 0.2) is 42.6 Å². The molecule has 0 saturated carbocycles. The summed E-state index contributed by atoms with van der Waals surface area (Å²) < 4.78 is 0. The number of rotatable bonds is 2. The molecule has 1 aromatic heterocycles. The van der Waals surface area contributed by atoms with Crippen LogP contribution in [0.1, 0.15) is 10.5 Å². The minimum absolute atomic E-state index is 0.0126. The van der Waals surface area contributed by atoms with Crippen LogP contribution in [0, 0.1) is 0 Å². The maximum Gasteiger partial charge on any atom is 0.277 e. The lowest BCUT2D eigenvalue weighted by atomic mass is 10.1. The van der Waals surface area contributed by atoms with E-state index in [4.69, 9.17) is 0 Å². The van der Waals surface area contributed by atoms with Gasteiger partial charge in [0.1, 0.15) is 12.2 Å². The van der Waals surface area contributed by atoms with Crippen molar-refractivity contribution in [3.8, 4) is 0 Å². The van der Waals surface area contributed by atoms with Gasteiger partial charge in [0.25, 0.3) is 5.91 Å². The number of hydrogen-bond acceptors (Lipinski definition) is 4. The van der Waals surface area contributed by atoms with Gasteiger partial charge in [-0.2, -0.15) is 0 Å². The molecule has 0 spiro atoms. The number of amides is 2. The van der Waals surface area contributed by atoms with E-state index in [1.165, 1.54) is 4.90 Å². The van der Waals surface area contributed by atoms with Crippen LogP contribution in [0.2, 0.25) is 0 Å². The Bertz CT molecular complexity index is 714. The molecule has 1 aromatic carbocycles. The maximum atomic E-state index is 12.6.